The van der Waals surface area contributed by atoms with Crippen LogP contribution in [0.5, 0.6) is 0 Å². The Labute approximate surface area is 102 Å². The second kappa shape index (κ2) is 7.11. The van der Waals surface area contributed by atoms with Crippen molar-refractivity contribution in [3.8, 4) is 0 Å². The molecule has 0 amide bonds. The number of rotatable bonds is 7. The second-order valence-electron chi connectivity index (χ2n) is 4.77. The predicted octanol–water partition coefficient (Wildman–Crippen LogP) is 1.86. The van der Waals surface area contributed by atoms with Crippen molar-refractivity contribution in [2.24, 2.45) is 5.41 Å². The molecule has 0 aromatic heterocycles. The van der Waals surface area contributed by atoms with Crippen molar-refractivity contribution in [1.82, 2.24) is 0 Å². The molecule has 102 valence electrons. The molecule has 0 bridgehead atoms. The van der Waals surface area contributed by atoms with Crippen LogP contribution in [0.2, 0.25) is 0 Å². The van der Waals surface area contributed by atoms with E-state index >= 15 is 0 Å². The Hall–Kier alpha value is -0.420. The number of hydrogen-bond donors (Lipinski definition) is 2. The zero-order chi connectivity index (χ0) is 13.5. The first kappa shape index (κ1) is 16.6. The van der Waals surface area contributed by atoms with Crippen molar-refractivity contribution >= 4 is 13.8 Å². The Morgan fingerprint density at radius 1 is 1.12 bits per heavy atom. The summed E-state index contributed by atoms with van der Waals surface area (Å²) >= 11 is 0. The van der Waals surface area contributed by atoms with E-state index in [1.54, 1.807) is 20.8 Å². The molecule has 0 fully saturated rings. The number of phosphoric acid groups is 1. The maximum Gasteiger partial charge on any atom is 0.469 e. The summed E-state index contributed by atoms with van der Waals surface area (Å²) in [6.07, 6.45) is 1.88. The molecule has 0 heterocycles. The highest BCUT2D eigenvalue weighted by atomic mass is 31.2. The molecule has 17 heavy (non-hydrogen) atoms. The van der Waals surface area contributed by atoms with Gasteiger partial charge in [0.05, 0.1) is 18.6 Å². The molecule has 0 aliphatic heterocycles. The van der Waals surface area contributed by atoms with Gasteiger partial charge in [-0.15, -0.1) is 0 Å². The Morgan fingerprint density at radius 3 is 2.12 bits per heavy atom. The van der Waals surface area contributed by atoms with Gasteiger partial charge in [0.1, 0.15) is 0 Å². The summed E-state index contributed by atoms with van der Waals surface area (Å²) in [4.78, 5) is 28.1. The van der Waals surface area contributed by atoms with Gasteiger partial charge in [-0.05, 0) is 40.0 Å². The normalized spacial score (nSPS) is 12.5. The minimum Gasteiger partial charge on any atom is -0.465 e. The van der Waals surface area contributed by atoms with E-state index in [4.69, 9.17) is 14.5 Å². The number of phosphoric ester groups is 1. The Kier molecular flexibility index (Phi) is 6.94. The molecule has 0 unspecified atom stereocenters. The lowest BCUT2D eigenvalue weighted by Crippen LogP contribution is -2.23. The number of unbranched alkanes of at least 4 members (excludes halogenated alkanes) is 2. The Bertz CT molecular complexity index is 277. The third-order valence-corrected chi connectivity index (χ3v) is 2.41. The van der Waals surface area contributed by atoms with Gasteiger partial charge in [0.25, 0.3) is 0 Å². The Morgan fingerprint density at radius 2 is 1.65 bits per heavy atom. The van der Waals surface area contributed by atoms with Gasteiger partial charge in [-0.1, -0.05) is 0 Å². The van der Waals surface area contributed by atoms with Gasteiger partial charge in [0.15, 0.2) is 0 Å². The predicted molar refractivity (Wildman–Crippen MR) is 62.3 cm³/mol. The molecule has 0 atom stereocenters. The molecule has 6 nitrogen and oxygen atoms in total. The number of carbonyl (C=O) groups excluding carboxylic acids is 1. The first-order valence-corrected chi connectivity index (χ1v) is 7.03. The van der Waals surface area contributed by atoms with Crippen LogP contribution in [0.15, 0.2) is 0 Å². The SMILES string of the molecule is CC(C)(C)C(=O)OCCCCCOP(=O)(O)O. The van der Waals surface area contributed by atoms with Crippen LogP contribution in [0.4, 0.5) is 0 Å². The van der Waals surface area contributed by atoms with E-state index in [9.17, 15) is 9.36 Å². The van der Waals surface area contributed by atoms with Gasteiger partial charge in [-0.2, -0.15) is 0 Å². The molecule has 0 aromatic rings. The van der Waals surface area contributed by atoms with Crippen molar-refractivity contribution in [2.75, 3.05) is 13.2 Å². The third kappa shape index (κ3) is 10.5. The number of carbonyl (C=O) groups is 1. The highest BCUT2D eigenvalue weighted by Gasteiger charge is 2.22. The van der Waals surface area contributed by atoms with E-state index in [2.05, 4.69) is 4.52 Å². The van der Waals surface area contributed by atoms with Crippen molar-refractivity contribution < 1.29 is 28.4 Å². The maximum absolute atomic E-state index is 11.3. The summed E-state index contributed by atoms with van der Waals surface area (Å²) in [6.45, 7) is 5.68. The first-order valence-electron chi connectivity index (χ1n) is 5.50. The van der Waals surface area contributed by atoms with Crippen molar-refractivity contribution in [2.45, 2.75) is 40.0 Å². The molecule has 0 aliphatic carbocycles. The molecule has 0 saturated carbocycles. The van der Waals surface area contributed by atoms with Crippen LogP contribution in [-0.4, -0.2) is 29.0 Å². The molecular weight excluding hydrogens is 247 g/mol. The van der Waals surface area contributed by atoms with E-state index < -0.39 is 13.2 Å². The van der Waals surface area contributed by atoms with Crippen LogP contribution < -0.4 is 0 Å². The summed E-state index contributed by atoms with van der Waals surface area (Å²) in [5.74, 6) is -0.246. The van der Waals surface area contributed by atoms with Crippen LogP contribution in [0.25, 0.3) is 0 Å². The van der Waals surface area contributed by atoms with Crippen molar-refractivity contribution in [3.05, 3.63) is 0 Å². The number of ether oxygens (including phenoxy) is 1. The second-order valence-corrected chi connectivity index (χ2v) is 6.01. The summed E-state index contributed by atoms with van der Waals surface area (Å²) in [6, 6.07) is 0. The van der Waals surface area contributed by atoms with Crippen molar-refractivity contribution in [3.63, 3.8) is 0 Å². The average molecular weight is 268 g/mol. The Balaban J connectivity index is 3.42. The van der Waals surface area contributed by atoms with E-state index in [0.29, 0.717) is 25.9 Å². The van der Waals surface area contributed by atoms with Gasteiger partial charge in [-0.3, -0.25) is 9.32 Å². The molecule has 2 N–H and O–H groups in total. The fourth-order valence-corrected chi connectivity index (χ4v) is 1.31. The quantitative estimate of drug-likeness (QED) is 0.416. The number of hydrogen-bond acceptors (Lipinski definition) is 4. The van der Waals surface area contributed by atoms with Gasteiger partial charge >= 0.3 is 13.8 Å². The molecular formula is C10H21O6P. The lowest BCUT2D eigenvalue weighted by Gasteiger charge is -2.16. The fourth-order valence-electron chi connectivity index (χ4n) is 0.946. The minimum atomic E-state index is -4.34. The van der Waals surface area contributed by atoms with Crippen molar-refractivity contribution in [1.29, 1.82) is 0 Å². The monoisotopic (exact) mass is 268 g/mol. The van der Waals surface area contributed by atoms with Gasteiger partial charge in [0.2, 0.25) is 0 Å². The minimum absolute atomic E-state index is 0.0114. The molecule has 0 spiro atoms. The third-order valence-electron chi connectivity index (χ3n) is 1.89. The zero-order valence-corrected chi connectivity index (χ0v) is 11.4. The van der Waals surface area contributed by atoms with Crippen LogP contribution in [0, 0.1) is 5.41 Å². The van der Waals surface area contributed by atoms with Gasteiger partial charge < -0.3 is 14.5 Å². The van der Waals surface area contributed by atoms with Crippen LogP contribution in [0.3, 0.4) is 0 Å². The molecule has 0 aliphatic rings. The molecule has 0 saturated heterocycles. The molecule has 7 heteroatoms. The van der Waals surface area contributed by atoms with Crippen LogP contribution >= 0.6 is 7.82 Å². The average Bonchev–Trinajstić information content (AvgIpc) is 2.12. The zero-order valence-electron chi connectivity index (χ0n) is 10.5. The lowest BCUT2D eigenvalue weighted by atomic mass is 9.97. The number of esters is 1. The highest BCUT2D eigenvalue weighted by molar-refractivity contribution is 7.46. The highest BCUT2D eigenvalue weighted by Crippen LogP contribution is 2.35. The molecule has 0 aromatic carbocycles. The van der Waals surface area contributed by atoms with E-state index in [0.717, 1.165) is 0 Å². The van der Waals surface area contributed by atoms with Gasteiger partial charge in [-0.25, -0.2) is 4.57 Å². The molecule has 0 rings (SSSR count). The van der Waals surface area contributed by atoms with E-state index in [1.165, 1.54) is 0 Å². The maximum atomic E-state index is 11.3. The summed E-state index contributed by atoms with van der Waals surface area (Å²) in [7, 11) is -4.34. The van der Waals surface area contributed by atoms with E-state index in [-0.39, 0.29) is 12.6 Å². The largest absolute Gasteiger partial charge is 0.469 e. The smallest absolute Gasteiger partial charge is 0.465 e. The summed E-state index contributed by atoms with van der Waals surface area (Å²) in [5.41, 5.74) is -0.496. The summed E-state index contributed by atoms with van der Waals surface area (Å²) < 4.78 is 19.6. The lowest BCUT2D eigenvalue weighted by molar-refractivity contribution is -0.153. The molecule has 0 radical (unpaired) electrons. The summed E-state index contributed by atoms with van der Waals surface area (Å²) in [5, 5.41) is 0. The van der Waals surface area contributed by atoms with Gasteiger partial charge in [0, 0.05) is 0 Å². The van der Waals surface area contributed by atoms with Crippen LogP contribution in [0.1, 0.15) is 40.0 Å². The standard InChI is InChI=1S/C10H21O6P/c1-10(2,3)9(11)15-7-5-4-6-8-16-17(12,13)14/h4-8H2,1-3H3,(H2,12,13,14). The van der Waals surface area contributed by atoms with Crippen LogP contribution in [-0.2, 0) is 18.6 Å². The fraction of sp³-hybridized carbons (Fsp3) is 0.900. The topological polar surface area (TPSA) is 93.1 Å². The van der Waals surface area contributed by atoms with E-state index in [1.807, 2.05) is 0 Å². The first-order chi connectivity index (χ1) is 7.63.